The Kier molecular flexibility index (Phi) is 2.93. The number of methoxy groups -OCH3 is 1. The highest BCUT2D eigenvalue weighted by molar-refractivity contribution is 5.79. The number of aromatic nitrogens is 1. The Morgan fingerprint density at radius 1 is 1.16 bits per heavy atom. The lowest BCUT2D eigenvalue weighted by molar-refractivity contribution is 0.414. The fraction of sp³-hybridized carbons (Fsp3) is 0.133. The average molecular weight is 254 g/mol. The second-order valence-corrected chi connectivity index (χ2v) is 4.31. The number of ether oxygens (including phenoxy) is 1. The third-order valence-electron chi connectivity index (χ3n) is 3.12. The van der Waals surface area contributed by atoms with E-state index in [0.717, 1.165) is 28.0 Å². The molecule has 1 unspecified atom stereocenters. The molecule has 19 heavy (non-hydrogen) atoms. The van der Waals surface area contributed by atoms with E-state index in [2.05, 4.69) is 4.98 Å². The van der Waals surface area contributed by atoms with Crippen molar-refractivity contribution in [1.29, 1.82) is 0 Å². The van der Waals surface area contributed by atoms with Crippen LogP contribution in [0, 0.1) is 0 Å². The molecule has 1 aromatic carbocycles. The molecule has 0 spiro atoms. The van der Waals surface area contributed by atoms with Crippen LogP contribution in [0.1, 0.15) is 17.4 Å². The largest absolute Gasteiger partial charge is 0.497 e. The van der Waals surface area contributed by atoms with E-state index < -0.39 is 0 Å². The monoisotopic (exact) mass is 254 g/mol. The summed E-state index contributed by atoms with van der Waals surface area (Å²) in [6.45, 7) is 0. The van der Waals surface area contributed by atoms with Crippen LogP contribution in [0.2, 0.25) is 0 Å². The summed E-state index contributed by atoms with van der Waals surface area (Å²) < 4.78 is 11.0. The number of hydrogen-bond acceptors (Lipinski definition) is 4. The van der Waals surface area contributed by atoms with Gasteiger partial charge in [-0.2, -0.15) is 0 Å². The number of nitrogens with two attached hydrogens (primary N) is 1. The number of pyridine rings is 1. The van der Waals surface area contributed by atoms with Crippen LogP contribution in [0.25, 0.3) is 11.0 Å². The predicted molar refractivity (Wildman–Crippen MR) is 73.0 cm³/mol. The summed E-state index contributed by atoms with van der Waals surface area (Å²) in [5.74, 6) is 1.50. The zero-order valence-corrected chi connectivity index (χ0v) is 10.5. The van der Waals surface area contributed by atoms with E-state index in [1.165, 1.54) is 0 Å². The van der Waals surface area contributed by atoms with Gasteiger partial charge >= 0.3 is 0 Å². The van der Waals surface area contributed by atoms with Gasteiger partial charge < -0.3 is 14.9 Å². The van der Waals surface area contributed by atoms with Gasteiger partial charge in [0.25, 0.3) is 0 Å². The first-order valence-corrected chi connectivity index (χ1v) is 6.01. The molecule has 2 N–H and O–H groups in total. The van der Waals surface area contributed by atoms with Crippen LogP contribution in [0.15, 0.2) is 53.2 Å². The summed E-state index contributed by atoms with van der Waals surface area (Å²) in [5.41, 5.74) is 7.95. The van der Waals surface area contributed by atoms with E-state index in [1.807, 2.05) is 36.4 Å². The van der Waals surface area contributed by atoms with E-state index in [4.69, 9.17) is 14.9 Å². The molecule has 1 atom stereocenters. The standard InChI is InChI=1S/C15H14N2O2/c1-18-12-3-2-11-8-14(19-13(11)9-12)15(16)10-4-6-17-7-5-10/h2-9,15H,16H2,1H3. The van der Waals surface area contributed by atoms with Crippen LogP contribution in [-0.2, 0) is 0 Å². The quantitative estimate of drug-likeness (QED) is 0.780. The molecule has 4 heteroatoms. The van der Waals surface area contributed by atoms with Gasteiger partial charge in [0.05, 0.1) is 13.2 Å². The van der Waals surface area contributed by atoms with E-state index >= 15 is 0 Å². The minimum absolute atomic E-state index is 0.290. The smallest absolute Gasteiger partial charge is 0.138 e. The van der Waals surface area contributed by atoms with Crippen LogP contribution in [-0.4, -0.2) is 12.1 Å². The van der Waals surface area contributed by atoms with Crippen molar-refractivity contribution in [1.82, 2.24) is 4.98 Å². The molecular weight excluding hydrogens is 240 g/mol. The molecule has 3 aromatic rings. The first-order chi connectivity index (χ1) is 9.28. The Morgan fingerprint density at radius 2 is 1.95 bits per heavy atom. The Hall–Kier alpha value is -2.33. The van der Waals surface area contributed by atoms with Crippen molar-refractivity contribution in [3.05, 3.63) is 60.1 Å². The Bertz CT molecular complexity index is 692. The first-order valence-electron chi connectivity index (χ1n) is 6.01. The minimum Gasteiger partial charge on any atom is -0.497 e. The third kappa shape index (κ3) is 2.18. The lowest BCUT2D eigenvalue weighted by Gasteiger charge is -2.07. The zero-order chi connectivity index (χ0) is 13.2. The normalized spacial score (nSPS) is 12.5. The van der Waals surface area contributed by atoms with Gasteiger partial charge in [0.1, 0.15) is 17.1 Å². The maximum atomic E-state index is 6.20. The molecule has 3 rings (SSSR count). The number of nitrogens with zero attached hydrogens (tertiary/aromatic N) is 1. The van der Waals surface area contributed by atoms with Gasteiger partial charge in [-0.1, -0.05) is 0 Å². The summed E-state index contributed by atoms with van der Waals surface area (Å²) in [6, 6.07) is 11.2. The first kappa shape index (κ1) is 11.7. The summed E-state index contributed by atoms with van der Waals surface area (Å²) in [6.07, 6.45) is 3.45. The van der Waals surface area contributed by atoms with Gasteiger partial charge in [-0.05, 0) is 35.9 Å². The molecule has 0 amide bonds. The zero-order valence-electron chi connectivity index (χ0n) is 10.5. The van der Waals surface area contributed by atoms with Crippen molar-refractivity contribution in [2.45, 2.75) is 6.04 Å². The molecule has 0 fully saturated rings. The van der Waals surface area contributed by atoms with E-state index in [0.29, 0.717) is 0 Å². The maximum Gasteiger partial charge on any atom is 0.138 e. The van der Waals surface area contributed by atoms with Crippen molar-refractivity contribution in [3.63, 3.8) is 0 Å². The Balaban J connectivity index is 2.01. The van der Waals surface area contributed by atoms with Gasteiger partial charge in [-0.3, -0.25) is 4.98 Å². The SMILES string of the molecule is COc1ccc2cc(C(N)c3ccncc3)oc2c1. The molecule has 0 radical (unpaired) electrons. The number of furan rings is 1. The van der Waals surface area contributed by atoms with Crippen LogP contribution >= 0.6 is 0 Å². The molecule has 96 valence electrons. The third-order valence-corrected chi connectivity index (χ3v) is 3.12. The van der Waals surface area contributed by atoms with Crippen molar-refractivity contribution in [2.75, 3.05) is 7.11 Å². The molecule has 0 saturated heterocycles. The number of fused-ring (bicyclic) bond motifs is 1. The fourth-order valence-corrected chi connectivity index (χ4v) is 2.05. The molecule has 0 saturated carbocycles. The van der Waals surface area contributed by atoms with Crippen molar-refractivity contribution >= 4 is 11.0 Å². The van der Waals surface area contributed by atoms with E-state index in [9.17, 15) is 0 Å². The number of benzene rings is 1. The summed E-state index contributed by atoms with van der Waals surface area (Å²) >= 11 is 0. The Labute approximate surface area is 110 Å². The lowest BCUT2D eigenvalue weighted by atomic mass is 10.1. The highest BCUT2D eigenvalue weighted by Gasteiger charge is 2.14. The van der Waals surface area contributed by atoms with Gasteiger partial charge in [0.2, 0.25) is 0 Å². The summed E-state index contributed by atoms with van der Waals surface area (Å²) in [4.78, 5) is 3.98. The van der Waals surface area contributed by atoms with Gasteiger partial charge in [-0.15, -0.1) is 0 Å². The molecule has 4 nitrogen and oxygen atoms in total. The van der Waals surface area contributed by atoms with Crippen molar-refractivity contribution in [3.8, 4) is 5.75 Å². The average Bonchev–Trinajstić information content (AvgIpc) is 2.90. The molecule has 0 aliphatic heterocycles. The lowest BCUT2D eigenvalue weighted by Crippen LogP contribution is -2.10. The minimum atomic E-state index is -0.290. The van der Waals surface area contributed by atoms with Gasteiger partial charge in [0.15, 0.2) is 0 Å². The van der Waals surface area contributed by atoms with Crippen LogP contribution < -0.4 is 10.5 Å². The summed E-state index contributed by atoms with van der Waals surface area (Å²) in [7, 11) is 1.63. The Morgan fingerprint density at radius 3 is 2.68 bits per heavy atom. The van der Waals surface area contributed by atoms with Crippen LogP contribution in [0.4, 0.5) is 0 Å². The highest BCUT2D eigenvalue weighted by Crippen LogP contribution is 2.28. The van der Waals surface area contributed by atoms with Gasteiger partial charge in [0, 0.05) is 23.8 Å². The molecule has 0 aliphatic rings. The van der Waals surface area contributed by atoms with E-state index in [-0.39, 0.29) is 6.04 Å². The molecular formula is C15H14N2O2. The van der Waals surface area contributed by atoms with Gasteiger partial charge in [-0.25, -0.2) is 0 Å². The molecule has 0 bridgehead atoms. The topological polar surface area (TPSA) is 61.3 Å². The molecule has 2 aromatic heterocycles. The van der Waals surface area contributed by atoms with Crippen molar-refractivity contribution < 1.29 is 9.15 Å². The predicted octanol–water partition coefficient (Wildman–Crippen LogP) is 2.88. The second-order valence-electron chi connectivity index (χ2n) is 4.31. The van der Waals surface area contributed by atoms with Crippen molar-refractivity contribution in [2.24, 2.45) is 5.73 Å². The number of hydrogen-bond donors (Lipinski definition) is 1. The second kappa shape index (κ2) is 4.74. The van der Waals surface area contributed by atoms with Crippen LogP contribution in [0.5, 0.6) is 5.75 Å². The fourth-order valence-electron chi connectivity index (χ4n) is 2.05. The molecule has 0 aliphatic carbocycles. The van der Waals surface area contributed by atoms with E-state index in [1.54, 1.807) is 19.5 Å². The number of rotatable bonds is 3. The maximum absolute atomic E-state index is 6.20. The summed E-state index contributed by atoms with van der Waals surface area (Å²) in [5, 5.41) is 1.01. The highest BCUT2D eigenvalue weighted by atomic mass is 16.5. The molecule has 2 heterocycles. The van der Waals surface area contributed by atoms with Crippen LogP contribution in [0.3, 0.4) is 0 Å².